The summed E-state index contributed by atoms with van der Waals surface area (Å²) in [7, 11) is 0. The van der Waals surface area contributed by atoms with Crippen LogP contribution in [0.25, 0.3) is 0 Å². The molecule has 1 aliphatic carbocycles. The molecule has 1 aliphatic rings. The van der Waals surface area contributed by atoms with Crippen molar-refractivity contribution in [1.82, 2.24) is 5.32 Å². The van der Waals surface area contributed by atoms with Gasteiger partial charge in [-0.3, -0.25) is 4.79 Å². The van der Waals surface area contributed by atoms with Gasteiger partial charge >= 0.3 is 5.97 Å². The van der Waals surface area contributed by atoms with E-state index in [1.54, 1.807) is 0 Å². The van der Waals surface area contributed by atoms with E-state index in [2.05, 4.69) is 12.2 Å². The second-order valence-corrected chi connectivity index (χ2v) is 4.53. The van der Waals surface area contributed by atoms with Crippen LogP contribution in [-0.4, -0.2) is 23.2 Å². The van der Waals surface area contributed by atoms with Crippen LogP contribution in [0.3, 0.4) is 0 Å². The summed E-state index contributed by atoms with van der Waals surface area (Å²) in [6.07, 6.45) is 8.88. The summed E-state index contributed by atoms with van der Waals surface area (Å²) in [5.41, 5.74) is 0. The van der Waals surface area contributed by atoms with Crippen LogP contribution in [0.4, 0.5) is 0 Å². The van der Waals surface area contributed by atoms with E-state index in [4.69, 9.17) is 5.11 Å². The van der Waals surface area contributed by atoms with Crippen LogP contribution in [0.1, 0.15) is 58.3 Å². The van der Waals surface area contributed by atoms with Crippen LogP contribution in [0.15, 0.2) is 0 Å². The number of unbranched alkanes of at least 4 members (excludes halogenated alkanes) is 2. The van der Waals surface area contributed by atoms with Crippen LogP contribution in [0, 0.1) is 0 Å². The number of rotatable bonds is 7. The highest BCUT2D eigenvalue weighted by Crippen LogP contribution is 2.19. The minimum absolute atomic E-state index is 0.320. The summed E-state index contributed by atoms with van der Waals surface area (Å²) in [6, 6.07) is 0.132. The molecule has 0 radical (unpaired) electrons. The van der Waals surface area contributed by atoms with Crippen molar-refractivity contribution in [2.75, 3.05) is 0 Å². The van der Waals surface area contributed by atoms with Crippen molar-refractivity contribution in [3.63, 3.8) is 0 Å². The number of aliphatic carboxylic acids is 1. The van der Waals surface area contributed by atoms with Gasteiger partial charge in [0.25, 0.3) is 0 Å². The van der Waals surface area contributed by atoms with Crippen molar-refractivity contribution in [2.24, 2.45) is 0 Å². The Balaban J connectivity index is 2.26. The molecule has 1 fully saturated rings. The molecular formula is C12H23NO2. The van der Waals surface area contributed by atoms with Gasteiger partial charge in [0, 0.05) is 6.04 Å². The fourth-order valence-corrected chi connectivity index (χ4v) is 2.25. The van der Waals surface area contributed by atoms with E-state index in [9.17, 15) is 4.79 Å². The predicted molar refractivity (Wildman–Crippen MR) is 61.0 cm³/mol. The maximum Gasteiger partial charge on any atom is 0.320 e. The molecule has 88 valence electrons. The van der Waals surface area contributed by atoms with E-state index < -0.39 is 5.97 Å². The minimum Gasteiger partial charge on any atom is -0.480 e. The third-order valence-electron chi connectivity index (χ3n) is 3.19. The Labute approximate surface area is 92.3 Å². The standard InChI is InChI=1S/C12H23NO2/c1-2-3-4-9-11(12(14)15)13-10-7-5-6-8-10/h10-11,13H,2-9H2,1H3,(H,14,15). The second kappa shape index (κ2) is 6.83. The maximum atomic E-state index is 11.0. The third kappa shape index (κ3) is 4.65. The van der Waals surface area contributed by atoms with E-state index in [-0.39, 0.29) is 6.04 Å². The van der Waals surface area contributed by atoms with Gasteiger partial charge in [-0.15, -0.1) is 0 Å². The zero-order valence-corrected chi connectivity index (χ0v) is 9.67. The Morgan fingerprint density at radius 2 is 2.07 bits per heavy atom. The molecule has 1 unspecified atom stereocenters. The molecule has 15 heavy (non-hydrogen) atoms. The molecule has 0 spiro atoms. The highest BCUT2D eigenvalue weighted by molar-refractivity contribution is 5.73. The molecule has 0 aromatic rings. The zero-order valence-electron chi connectivity index (χ0n) is 9.67. The van der Waals surface area contributed by atoms with Gasteiger partial charge in [0.15, 0.2) is 0 Å². The van der Waals surface area contributed by atoms with Gasteiger partial charge in [0.2, 0.25) is 0 Å². The average molecular weight is 213 g/mol. The molecule has 1 saturated carbocycles. The Bertz CT molecular complexity index is 188. The summed E-state index contributed by atoms with van der Waals surface area (Å²) in [4.78, 5) is 11.0. The summed E-state index contributed by atoms with van der Waals surface area (Å²) in [5, 5.41) is 12.3. The Hall–Kier alpha value is -0.570. The average Bonchev–Trinajstić information content (AvgIpc) is 2.69. The number of nitrogens with one attached hydrogen (secondary N) is 1. The van der Waals surface area contributed by atoms with Crippen LogP contribution in [0.5, 0.6) is 0 Å². The molecule has 2 N–H and O–H groups in total. The van der Waals surface area contributed by atoms with E-state index in [1.807, 2.05) is 0 Å². The van der Waals surface area contributed by atoms with Crippen molar-refractivity contribution in [1.29, 1.82) is 0 Å². The summed E-state index contributed by atoms with van der Waals surface area (Å²) >= 11 is 0. The fourth-order valence-electron chi connectivity index (χ4n) is 2.25. The van der Waals surface area contributed by atoms with Crippen molar-refractivity contribution >= 4 is 5.97 Å². The molecule has 0 bridgehead atoms. The summed E-state index contributed by atoms with van der Waals surface area (Å²) < 4.78 is 0. The first kappa shape index (κ1) is 12.5. The molecule has 1 atom stereocenters. The van der Waals surface area contributed by atoms with Gasteiger partial charge in [-0.25, -0.2) is 0 Å². The molecule has 0 heterocycles. The topological polar surface area (TPSA) is 49.3 Å². The first-order valence-corrected chi connectivity index (χ1v) is 6.23. The predicted octanol–water partition coefficient (Wildman–Crippen LogP) is 2.55. The third-order valence-corrected chi connectivity index (χ3v) is 3.19. The van der Waals surface area contributed by atoms with Crippen LogP contribution in [-0.2, 0) is 4.79 Å². The Morgan fingerprint density at radius 1 is 1.40 bits per heavy atom. The fraction of sp³-hybridized carbons (Fsp3) is 0.917. The number of carbonyl (C=O) groups is 1. The lowest BCUT2D eigenvalue weighted by Crippen LogP contribution is -2.42. The molecule has 3 heteroatoms. The SMILES string of the molecule is CCCCCC(NC1CCCC1)C(=O)O. The van der Waals surface area contributed by atoms with Crippen molar-refractivity contribution < 1.29 is 9.90 Å². The van der Waals surface area contributed by atoms with Crippen molar-refractivity contribution in [3.05, 3.63) is 0 Å². The van der Waals surface area contributed by atoms with Gasteiger partial charge in [0.1, 0.15) is 6.04 Å². The van der Waals surface area contributed by atoms with Crippen LogP contribution < -0.4 is 5.32 Å². The summed E-state index contributed by atoms with van der Waals surface area (Å²) in [6.45, 7) is 2.14. The largest absolute Gasteiger partial charge is 0.480 e. The van der Waals surface area contributed by atoms with Gasteiger partial charge in [-0.05, 0) is 19.3 Å². The van der Waals surface area contributed by atoms with Gasteiger partial charge < -0.3 is 10.4 Å². The molecule has 0 aliphatic heterocycles. The highest BCUT2D eigenvalue weighted by atomic mass is 16.4. The monoisotopic (exact) mass is 213 g/mol. The number of carboxylic acids is 1. The van der Waals surface area contributed by atoms with Crippen molar-refractivity contribution in [3.8, 4) is 0 Å². The van der Waals surface area contributed by atoms with E-state index in [0.29, 0.717) is 6.04 Å². The minimum atomic E-state index is -0.682. The normalized spacial score (nSPS) is 19.3. The van der Waals surface area contributed by atoms with Crippen LogP contribution in [0.2, 0.25) is 0 Å². The van der Waals surface area contributed by atoms with E-state index in [0.717, 1.165) is 38.5 Å². The Kier molecular flexibility index (Phi) is 5.69. The first-order chi connectivity index (χ1) is 7.24. The number of hydrogen-bond donors (Lipinski definition) is 2. The lowest BCUT2D eigenvalue weighted by atomic mass is 10.1. The van der Waals surface area contributed by atoms with Crippen molar-refractivity contribution in [2.45, 2.75) is 70.4 Å². The molecule has 0 aromatic carbocycles. The number of carboxylic acid groups (broad SMARTS) is 1. The molecule has 1 rings (SSSR count). The summed E-state index contributed by atoms with van der Waals surface area (Å²) in [5.74, 6) is -0.682. The second-order valence-electron chi connectivity index (χ2n) is 4.53. The van der Waals surface area contributed by atoms with Gasteiger partial charge in [-0.1, -0.05) is 39.0 Å². The maximum absolute atomic E-state index is 11.0. The van der Waals surface area contributed by atoms with E-state index in [1.165, 1.54) is 12.8 Å². The molecule has 3 nitrogen and oxygen atoms in total. The Morgan fingerprint density at radius 3 is 2.60 bits per heavy atom. The van der Waals surface area contributed by atoms with Gasteiger partial charge in [0.05, 0.1) is 0 Å². The molecule has 0 amide bonds. The molecule has 0 saturated heterocycles. The number of hydrogen-bond acceptors (Lipinski definition) is 2. The first-order valence-electron chi connectivity index (χ1n) is 6.23. The molecular weight excluding hydrogens is 190 g/mol. The lowest BCUT2D eigenvalue weighted by molar-refractivity contribution is -0.139. The van der Waals surface area contributed by atoms with Gasteiger partial charge in [-0.2, -0.15) is 0 Å². The lowest BCUT2D eigenvalue weighted by Gasteiger charge is -2.19. The van der Waals surface area contributed by atoms with Crippen LogP contribution >= 0.6 is 0 Å². The zero-order chi connectivity index (χ0) is 11.1. The highest BCUT2D eigenvalue weighted by Gasteiger charge is 2.22. The quantitative estimate of drug-likeness (QED) is 0.639. The smallest absolute Gasteiger partial charge is 0.320 e. The molecule has 0 aromatic heterocycles. The van der Waals surface area contributed by atoms with E-state index >= 15 is 0 Å².